The molecule has 7 heteroatoms. The zero-order valence-electron chi connectivity index (χ0n) is 17.7. The van der Waals surface area contributed by atoms with E-state index in [1.54, 1.807) is 0 Å². The van der Waals surface area contributed by atoms with Gasteiger partial charge in [0.1, 0.15) is 6.23 Å². The molecule has 1 amide bonds. The van der Waals surface area contributed by atoms with Crippen molar-refractivity contribution in [2.45, 2.75) is 58.3 Å². The molecular formula is C22H34N2O5. The van der Waals surface area contributed by atoms with Crippen molar-refractivity contribution < 1.29 is 24.5 Å². The second-order valence-electron chi connectivity index (χ2n) is 7.63. The van der Waals surface area contributed by atoms with Crippen LogP contribution in [-0.2, 0) is 20.7 Å². The van der Waals surface area contributed by atoms with Gasteiger partial charge in [0.25, 0.3) is 0 Å². The van der Waals surface area contributed by atoms with E-state index < -0.39 is 35.6 Å². The highest BCUT2D eigenvalue weighted by Gasteiger charge is 2.31. The topological polar surface area (TPSA) is 108 Å². The number of methoxy groups -OCH3 is 1. The number of amides is 1. The number of aliphatic hydroxyl groups is 1. The molecule has 7 nitrogen and oxygen atoms in total. The van der Waals surface area contributed by atoms with Crippen molar-refractivity contribution in [3.8, 4) is 0 Å². The number of carbonyl (C=O) groups excluding carboxylic acids is 1. The van der Waals surface area contributed by atoms with Gasteiger partial charge in [-0.1, -0.05) is 63.3 Å². The Morgan fingerprint density at radius 1 is 1.21 bits per heavy atom. The van der Waals surface area contributed by atoms with E-state index in [4.69, 9.17) is 4.74 Å². The highest BCUT2D eigenvalue weighted by molar-refractivity contribution is 5.87. The first-order chi connectivity index (χ1) is 13.7. The van der Waals surface area contributed by atoms with Gasteiger partial charge in [0.2, 0.25) is 5.91 Å². The van der Waals surface area contributed by atoms with E-state index in [9.17, 15) is 19.8 Å². The lowest BCUT2D eigenvalue weighted by Gasteiger charge is -2.32. The summed E-state index contributed by atoms with van der Waals surface area (Å²) in [5.74, 6) is -1.66. The number of carboxylic acids is 1. The lowest BCUT2D eigenvalue weighted by atomic mass is 9.89. The summed E-state index contributed by atoms with van der Waals surface area (Å²) in [4.78, 5) is 24.2. The lowest BCUT2D eigenvalue weighted by Crippen LogP contribution is -2.56. The summed E-state index contributed by atoms with van der Waals surface area (Å²) in [6.07, 6.45) is 4.73. The largest absolute Gasteiger partial charge is 0.480 e. The van der Waals surface area contributed by atoms with E-state index in [0.717, 1.165) is 12.0 Å². The first-order valence-corrected chi connectivity index (χ1v) is 9.89. The summed E-state index contributed by atoms with van der Waals surface area (Å²) in [5, 5.41) is 25.4. The molecule has 1 aromatic rings. The summed E-state index contributed by atoms with van der Waals surface area (Å²) in [7, 11) is 1.37. The molecule has 0 aliphatic carbocycles. The Morgan fingerprint density at radius 2 is 1.86 bits per heavy atom. The molecule has 0 saturated heterocycles. The molecule has 1 aromatic carbocycles. The van der Waals surface area contributed by atoms with E-state index in [2.05, 4.69) is 10.6 Å². The number of benzene rings is 1. The van der Waals surface area contributed by atoms with E-state index in [0.29, 0.717) is 12.8 Å². The molecule has 0 heterocycles. The maximum absolute atomic E-state index is 12.8. The molecule has 0 saturated carbocycles. The molecule has 0 aromatic heterocycles. The van der Waals surface area contributed by atoms with Crippen molar-refractivity contribution in [1.29, 1.82) is 0 Å². The molecule has 0 aliphatic heterocycles. The summed E-state index contributed by atoms with van der Waals surface area (Å²) in [6.45, 7) is 5.60. The zero-order chi connectivity index (χ0) is 21.9. The number of rotatable bonds is 13. The predicted molar refractivity (Wildman–Crippen MR) is 112 cm³/mol. The quantitative estimate of drug-likeness (QED) is 0.295. The minimum atomic E-state index is -1.17. The smallest absolute Gasteiger partial charge is 0.328 e. The molecule has 29 heavy (non-hydrogen) atoms. The SMILES string of the molecule is CC/C=C\C(C)(C)C(O)N[C@@H](CCc1ccccc1)C(=O)N[C@@H](COC)C(=O)O. The van der Waals surface area contributed by atoms with Crippen molar-refractivity contribution in [2.75, 3.05) is 13.7 Å². The molecular weight excluding hydrogens is 372 g/mol. The molecule has 162 valence electrons. The zero-order valence-corrected chi connectivity index (χ0v) is 17.7. The Labute approximate surface area is 173 Å². The maximum Gasteiger partial charge on any atom is 0.328 e. The fourth-order valence-corrected chi connectivity index (χ4v) is 2.78. The average molecular weight is 407 g/mol. The first-order valence-electron chi connectivity index (χ1n) is 9.89. The van der Waals surface area contributed by atoms with E-state index in [-0.39, 0.29) is 6.61 Å². The van der Waals surface area contributed by atoms with Gasteiger partial charge >= 0.3 is 5.97 Å². The van der Waals surface area contributed by atoms with Crippen molar-refractivity contribution in [2.24, 2.45) is 5.41 Å². The van der Waals surface area contributed by atoms with Crippen LogP contribution in [0.5, 0.6) is 0 Å². The number of hydrogen-bond acceptors (Lipinski definition) is 5. The molecule has 0 radical (unpaired) electrons. The predicted octanol–water partition coefficient (Wildman–Crippen LogP) is 2.10. The van der Waals surface area contributed by atoms with Crippen LogP contribution in [0.3, 0.4) is 0 Å². The van der Waals surface area contributed by atoms with Crippen LogP contribution < -0.4 is 10.6 Å². The van der Waals surface area contributed by atoms with Gasteiger partial charge in [0.15, 0.2) is 6.04 Å². The first kappa shape index (κ1) is 24.8. The lowest BCUT2D eigenvalue weighted by molar-refractivity contribution is -0.143. The van der Waals surface area contributed by atoms with Crippen molar-refractivity contribution in [3.05, 3.63) is 48.0 Å². The standard InChI is InChI=1S/C22H34N2O5/c1-5-6-14-22(2,3)21(28)24-17(13-12-16-10-8-7-9-11-16)19(25)23-18(15-29-4)20(26)27/h6-11,14,17-18,21,24,28H,5,12-13,15H2,1-4H3,(H,23,25)(H,26,27)/b14-6-/t17-,18-,21?/m0/s1. The normalized spacial score (nSPS) is 15.1. The fraction of sp³-hybridized carbons (Fsp3) is 0.545. The third-order valence-electron chi connectivity index (χ3n) is 4.68. The number of hydrogen-bond donors (Lipinski definition) is 4. The molecule has 1 rings (SSSR count). The van der Waals surface area contributed by atoms with Gasteiger partial charge in [0, 0.05) is 12.5 Å². The van der Waals surface area contributed by atoms with Gasteiger partial charge in [-0.3, -0.25) is 10.1 Å². The van der Waals surface area contributed by atoms with Crippen LogP contribution in [-0.4, -0.2) is 54.1 Å². The molecule has 0 aliphatic rings. The highest BCUT2D eigenvalue weighted by Crippen LogP contribution is 2.22. The minimum Gasteiger partial charge on any atom is -0.480 e. The average Bonchev–Trinajstić information content (AvgIpc) is 2.69. The van der Waals surface area contributed by atoms with Gasteiger partial charge < -0.3 is 20.3 Å². The number of carbonyl (C=O) groups is 2. The molecule has 0 bridgehead atoms. The summed E-state index contributed by atoms with van der Waals surface area (Å²) in [5.41, 5.74) is 0.457. The highest BCUT2D eigenvalue weighted by atomic mass is 16.5. The second-order valence-corrected chi connectivity index (χ2v) is 7.63. The third-order valence-corrected chi connectivity index (χ3v) is 4.68. The number of nitrogens with one attached hydrogen (secondary N) is 2. The summed E-state index contributed by atoms with van der Waals surface area (Å²) >= 11 is 0. The van der Waals surface area contributed by atoms with Gasteiger partial charge in [-0.15, -0.1) is 0 Å². The van der Waals surface area contributed by atoms with Crippen LogP contribution in [0.25, 0.3) is 0 Å². The molecule has 1 unspecified atom stereocenters. The molecule has 0 spiro atoms. The number of ether oxygens (including phenoxy) is 1. The van der Waals surface area contributed by atoms with Crippen molar-refractivity contribution in [3.63, 3.8) is 0 Å². The molecule has 0 fully saturated rings. The van der Waals surface area contributed by atoms with Gasteiger partial charge in [-0.05, 0) is 24.8 Å². The Kier molecular flexibility index (Phi) is 10.6. The van der Waals surface area contributed by atoms with Gasteiger partial charge in [-0.25, -0.2) is 4.79 Å². The molecule has 3 atom stereocenters. The fourth-order valence-electron chi connectivity index (χ4n) is 2.78. The Balaban J connectivity index is 2.93. The summed E-state index contributed by atoms with van der Waals surface area (Å²) in [6, 6.07) is 7.76. The van der Waals surface area contributed by atoms with Crippen molar-refractivity contribution >= 4 is 11.9 Å². The maximum atomic E-state index is 12.8. The summed E-state index contributed by atoms with van der Waals surface area (Å²) < 4.78 is 4.88. The minimum absolute atomic E-state index is 0.139. The van der Waals surface area contributed by atoms with Crippen LogP contribution in [0.2, 0.25) is 0 Å². The van der Waals surface area contributed by atoms with Crippen LogP contribution in [0.1, 0.15) is 39.2 Å². The Bertz CT molecular complexity index is 660. The number of allylic oxidation sites excluding steroid dienone is 1. The second kappa shape index (κ2) is 12.4. The van der Waals surface area contributed by atoms with Gasteiger partial charge in [-0.2, -0.15) is 0 Å². The number of aliphatic carboxylic acids is 1. The number of aliphatic hydroxyl groups excluding tert-OH is 1. The van der Waals surface area contributed by atoms with Crippen LogP contribution in [0, 0.1) is 5.41 Å². The number of aryl methyl sites for hydroxylation is 1. The van der Waals surface area contributed by atoms with E-state index >= 15 is 0 Å². The van der Waals surface area contributed by atoms with Gasteiger partial charge in [0.05, 0.1) is 12.6 Å². The monoisotopic (exact) mass is 406 g/mol. The van der Waals surface area contributed by atoms with Crippen molar-refractivity contribution in [1.82, 2.24) is 10.6 Å². The third kappa shape index (κ3) is 8.77. The van der Waals surface area contributed by atoms with E-state index in [1.807, 2.05) is 63.3 Å². The van der Waals surface area contributed by atoms with E-state index in [1.165, 1.54) is 7.11 Å². The molecule has 4 N–H and O–H groups in total. The Morgan fingerprint density at radius 3 is 2.41 bits per heavy atom. The Hall–Kier alpha value is -2.22. The van der Waals surface area contributed by atoms with Crippen LogP contribution in [0.15, 0.2) is 42.5 Å². The number of carboxylic acid groups (broad SMARTS) is 1. The van der Waals surface area contributed by atoms with Crippen LogP contribution in [0.4, 0.5) is 0 Å². The van der Waals surface area contributed by atoms with Crippen LogP contribution >= 0.6 is 0 Å².